The summed E-state index contributed by atoms with van der Waals surface area (Å²) in [5.41, 5.74) is 11.3. The first-order chi connectivity index (χ1) is 27.9. The first-order valence-electron chi connectivity index (χ1n) is 19.8. The molecule has 0 fully saturated rings. The molecule has 1 atom stereocenters. The van der Waals surface area contributed by atoms with Crippen LogP contribution in [0.4, 0.5) is 0 Å². The van der Waals surface area contributed by atoms with Crippen molar-refractivity contribution in [2.45, 2.75) is 82.3 Å². The van der Waals surface area contributed by atoms with Crippen molar-refractivity contribution in [3.05, 3.63) is 91.0 Å². The fourth-order valence-electron chi connectivity index (χ4n) is 7.79. The quantitative estimate of drug-likeness (QED) is 0.0438. The molecule has 0 amide bonds. The maximum Gasteiger partial charge on any atom is 0.299 e. The number of unbranched alkanes of at least 4 members (excludes halogenated alkanes) is 8. The Bertz CT molecular complexity index is 2920. The van der Waals surface area contributed by atoms with Crippen molar-refractivity contribution in [2.24, 2.45) is 5.73 Å². The summed E-state index contributed by atoms with van der Waals surface area (Å²) in [4.78, 5) is 36.6. The number of nitrogens with one attached hydrogen (secondary N) is 2. The minimum atomic E-state index is -4.36. The van der Waals surface area contributed by atoms with E-state index in [-0.39, 0.29) is 27.6 Å². The van der Waals surface area contributed by atoms with Crippen LogP contribution in [0.15, 0.2) is 95.9 Å². The van der Waals surface area contributed by atoms with Crippen LogP contribution >= 0.6 is 0 Å². The molecule has 12 nitrogen and oxygen atoms in total. The first-order valence-corrected chi connectivity index (χ1v) is 21.2. The summed E-state index contributed by atoms with van der Waals surface area (Å²) in [5.74, 6) is 1.71. The first kappa shape index (κ1) is 39.5. The summed E-state index contributed by atoms with van der Waals surface area (Å²) >= 11 is 0. The fourth-order valence-corrected chi connectivity index (χ4v) is 9.01. The zero-order valence-electron chi connectivity index (χ0n) is 32.0. The van der Waals surface area contributed by atoms with Crippen molar-refractivity contribution < 1.29 is 29.7 Å². The number of hydrogen-bond donors (Lipinski definition) is 3. The second-order valence-electron chi connectivity index (χ2n) is 14.6. The summed E-state index contributed by atoms with van der Waals surface area (Å²) in [6, 6.07) is 28.4. The van der Waals surface area contributed by atoms with Crippen LogP contribution in [0, 0.1) is 0 Å². The van der Waals surface area contributed by atoms with Gasteiger partial charge in [0.25, 0.3) is 10.1 Å². The predicted octanol–water partition coefficient (Wildman–Crippen LogP) is 9.78. The molecular weight excluding hydrogens is 798 g/mol. The van der Waals surface area contributed by atoms with E-state index >= 15 is 0 Å². The number of aromatic amines is 2. The maximum atomic E-state index is 14.1. The smallest absolute Gasteiger partial charge is 0.299 e. The summed E-state index contributed by atoms with van der Waals surface area (Å²) in [5, 5.41) is 2.58. The Balaban J connectivity index is 0.00000469. The summed E-state index contributed by atoms with van der Waals surface area (Å²) < 4.78 is 33.9. The van der Waals surface area contributed by atoms with Gasteiger partial charge < -0.3 is 15.7 Å². The van der Waals surface area contributed by atoms with Crippen molar-refractivity contribution in [1.29, 1.82) is 0 Å². The van der Waals surface area contributed by atoms with Crippen LogP contribution in [0.2, 0.25) is 0 Å². The van der Waals surface area contributed by atoms with Crippen molar-refractivity contribution in [3.8, 4) is 45.6 Å². The number of fused-ring (bicyclic) bond motifs is 20. The maximum absolute atomic E-state index is 14.1. The summed E-state index contributed by atoms with van der Waals surface area (Å²) in [6.45, 7) is 2.22. The molecule has 5 heterocycles. The Morgan fingerprint density at radius 2 is 0.948 bits per heavy atom. The van der Waals surface area contributed by atoms with E-state index in [1.807, 2.05) is 72.8 Å². The van der Waals surface area contributed by atoms with Gasteiger partial charge in [0, 0.05) is 60.9 Å². The number of aromatic nitrogens is 8. The van der Waals surface area contributed by atoms with Crippen LogP contribution < -0.4 is 5.73 Å². The molecule has 9 rings (SSSR count). The van der Waals surface area contributed by atoms with E-state index in [9.17, 15) is 8.42 Å². The van der Waals surface area contributed by atoms with Gasteiger partial charge in [0.2, 0.25) is 0 Å². The average molecular weight is 842 g/mol. The van der Waals surface area contributed by atoms with Crippen LogP contribution in [0.25, 0.3) is 89.7 Å². The minimum Gasteiger partial charge on any atom is -0.324 e. The van der Waals surface area contributed by atoms with Crippen molar-refractivity contribution in [2.75, 3.05) is 0 Å². The van der Waals surface area contributed by atoms with Crippen LogP contribution in [0.5, 0.6) is 0 Å². The van der Waals surface area contributed by atoms with Gasteiger partial charge in [0.1, 0.15) is 33.7 Å². The van der Waals surface area contributed by atoms with Gasteiger partial charge in [-0.05, 0) is 18.9 Å². The number of H-pyrrole nitrogens is 2. The molecule has 3 aromatic heterocycles. The number of benzene rings is 4. The van der Waals surface area contributed by atoms with E-state index in [0.29, 0.717) is 57.4 Å². The third-order valence-corrected chi connectivity index (χ3v) is 12.0. The molecule has 4 N–H and O–H groups in total. The molecular formula is C44H43CuN9O3S. The molecule has 7 aromatic rings. The van der Waals surface area contributed by atoms with Gasteiger partial charge in [-0.15, -0.1) is 0 Å². The number of rotatable bonds is 13. The van der Waals surface area contributed by atoms with Gasteiger partial charge in [0.15, 0.2) is 23.3 Å². The molecule has 8 bridgehead atoms. The van der Waals surface area contributed by atoms with Crippen LogP contribution in [-0.2, 0) is 31.4 Å². The topological polar surface area (TPSA) is 178 Å². The van der Waals surface area contributed by atoms with E-state index in [0.717, 1.165) is 52.3 Å². The molecule has 1 unspecified atom stereocenters. The number of nitrogens with zero attached hydrogens (tertiary/aromatic N) is 6. The number of nitrogens with two attached hydrogens (primary N) is 1. The standard InChI is InChI=1S/C44H43N9O3S.Cu/c1-2-3-4-5-6-7-8-9-10-26-35(45)56-57(54,55)34-25-17-24-33-36(34)44-52-42-32-23-16-15-22-31(32)40(50-42)48-38-28-19-12-11-18-27(28)37(46-38)47-39-29-20-13-14-21-30(29)41(49-39)51-43(33)53-44;/h11-25,35H,2-10,26,45H2,1H3,(H2,46,47,48,49,50,51,52,53);. The van der Waals surface area contributed by atoms with E-state index in [1.54, 1.807) is 12.1 Å². The minimum absolute atomic E-state index is 0. The van der Waals surface area contributed by atoms with Gasteiger partial charge in [-0.1, -0.05) is 143 Å². The molecule has 0 saturated heterocycles. The molecule has 0 aliphatic carbocycles. The van der Waals surface area contributed by atoms with Gasteiger partial charge in [0.05, 0.1) is 0 Å². The Labute approximate surface area is 346 Å². The zero-order chi connectivity index (χ0) is 38.9. The second-order valence-corrected chi connectivity index (χ2v) is 16.2. The van der Waals surface area contributed by atoms with Gasteiger partial charge in [-0.3, -0.25) is 0 Å². The van der Waals surface area contributed by atoms with Crippen LogP contribution in [0.1, 0.15) is 71.1 Å². The molecule has 2 aliphatic rings. The van der Waals surface area contributed by atoms with E-state index in [4.69, 9.17) is 39.8 Å². The van der Waals surface area contributed by atoms with Crippen molar-refractivity contribution >= 4 is 54.3 Å². The van der Waals surface area contributed by atoms with Crippen molar-refractivity contribution in [1.82, 2.24) is 39.9 Å². The Kier molecular flexibility index (Phi) is 11.5. The van der Waals surface area contributed by atoms with E-state index in [2.05, 4.69) is 16.9 Å². The third kappa shape index (κ3) is 7.66. The third-order valence-electron chi connectivity index (χ3n) is 10.7. The van der Waals surface area contributed by atoms with Gasteiger partial charge in [-0.2, -0.15) is 8.42 Å². The summed E-state index contributed by atoms with van der Waals surface area (Å²) in [7, 11) is -4.36. The molecule has 58 heavy (non-hydrogen) atoms. The molecule has 0 spiro atoms. The largest absolute Gasteiger partial charge is 0.324 e. The summed E-state index contributed by atoms with van der Waals surface area (Å²) in [6.07, 6.45) is 9.74. The predicted molar refractivity (Wildman–Crippen MR) is 224 cm³/mol. The van der Waals surface area contributed by atoms with Gasteiger partial charge >= 0.3 is 0 Å². The monoisotopic (exact) mass is 840 g/mol. The molecule has 2 aliphatic heterocycles. The van der Waals surface area contributed by atoms with Crippen LogP contribution in [0.3, 0.4) is 0 Å². The second kappa shape index (κ2) is 16.8. The molecule has 4 aromatic carbocycles. The Morgan fingerprint density at radius 1 is 0.534 bits per heavy atom. The molecule has 1 radical (unpaired) electrons. The van der Waals surface area contributed by atoms with E-state index < -0.39 is 16.3 Å². The van der Waals surface area contributed by atoms with Gasteiger partial charge in [-0.25, -0.2) is 34.1 Å². The number of hydrogen-bond acceptors (Lipinski definition) is 10. The van der Waals surface area contributed by atoms with Crippen molar-refractivity contribution in [3.63, 3.8) is 0 Å². The average Bonchev–Trinajstić information content (AvgIpc) is 3.96. The molecule has 0 saturated carbocycles. The zero-order valence-corrected chi connectivity index (χ0v) is 33.8. The fraction of sp³-hybridized carbons (Fsp3) is 0.273. The Hall–Kier alpha value is -5.37. The Morgan fingerprint density at radius 3 is 1.47 bits per heavy atom. The molecule has 299 valence electrons. The van der Waals surface area contributed by atoms with E-state index in [1.165, 1.54) is 44.6 Å². The SMILES string of the molecule is CCCCCCCCCCCC(N)OS(=O)(=O)c1cccc2c3nc4nc(nc5[nH]c(nc6nc(nc([nH]3)c12)-c1ccccc1-6)c1ccccc51)-c1ccccc1-4.[Cu]. The molecule has 14 heteroatoms. The van der Waals surface area contributed by atoms with Crippen LogP contribution in [-0.4, -0.2) is 54.5 Å². The normalized spacial score (nSPS) is 12.7.